The molecule has 0 aliphatic rings. The average Bonchev–Trinajstić information content (AvgIpc) is 2.36. The summed E-state index contributed by atoms with van der Waals surface area (Å²) in [6, 6.07) is 4.15. The number of hydrogen-bond donors (Lipinski definition) is 2. The van der Waals surface area contributed by atoms with E-state index in [-0.39, 0.29) is 22.9 Å². The summed E-state index contributed by atoms with van der Waals surface area (Å²) < 4.78 is 4.95. The van der Waals surface area contributed by atoms with Crippen molar-refractivity contribution in [2.45, 2.75) is 6.92 Å². The first-order chi connectivity index (χ1) is 8.97. The van der Waals surface area contributed by atoms with Crippen LogP contribution in [0, 0.1) is 16.0 Å². The molecule has 1 rings (SSSR count). The van der Waals surface area contributed by atoms with Crippen LogP contribution >= 0.6 is 0 Å². The van der Waals surface area contributed by atoms with Gasteiger partial charge < -0.3 is 15.8 Å². The van der Waals surface area contributed by atoms with Crippen molar-refractivity contribution in [3.05, 3.63) is 33.9 Å². The molecule has 1 atom stereocenters. The molecule has 0 heterocycles. The zero-order chi connectivity index (χ0) is 14.4. The molecular weight excluding hydrogens is 250 g/mol. The number of methoxy groups -OCH3 is 1. The van der Waals surface area contributed by atoms with Crippen LogP contribution in [-0.2, 0) is 4.74 Å². The minimum absolute atomic E-state index is 0.110. The van der Waals surface area contributed by atoms with Crippen molar-refractivity contribution in [3.63, 3.8) is 0 Å². The molecule has 1 aromatic rings. The smallest absolute Gasteiger partial charge is 0.292 e. The van der Waals surface area contributed by atoms with Crippen molar-refractivity contribution < 1.29 is 14.5 Å². The van der Waals surface area contributed by atoms with Crippen molar-refractivity contribution >= 4 is 17.3 Å². The van der Waals surface area contributed by atoms with Crippen LogP contribution in [0.2, 0.25) is 0 Å². The van der Waals surface area contributed by atoms with Gasteiger partial charge in [-0.2, -0.15) is 0 Å². The van der Waals surface area contributed by atoms with Gasteiger partial charge in [0.15, 0.2) is 0 Å². The second kappa shape index (κ2) is 6.69. The van der Waals surface area contributed by atoms with Crippen LogP contribution in [0.25, 0.3) is 0 Å². The molecule has 0 radical (unpaired) electrons. The van der Waals surface area contributed by atoms with Crippen molar-refractivity contribution in [2.75, 3.05) is 26.0 Å². The molecule has 1 amide bonds. The first kappa shape index (κ1) is 14.9. The molecule has 1 unspecified atom stereocenters. The Labute approximate surface area is 110 Å². The Morgan fingerprint density at radius 1 is 1.58 bits per heavy atom. The number of nitrogens with zero attached hydrogens (tertiary/aromatic N) is 1. The van der Waals surface area contributed by atoms with Crippen LogP contribution in [0.1, 0.15) is 17.3 Å². The van der Waals surface area contributed by atoms with E-state index >= 15 is 0 Å². The fraction of sp³-hybridized carbons (Fsp3) is 0.417. The summed E-state index contributed by atoms with van der Waals surface area (Å²) in [6.07, 6.45) is 0. The highest BCUT2D eigenvalue weighted by molar-refractivity contribution is 6.00. The van der Waals surface area contributed by atoms with Gasteiger partial charge >= 0.3 is 0 Å². The van der Waals surface area contributed by atoms with Crippen LogP contribution < -0.4 is 11.1 Å². The number of amides is 1. The number of nitro groups is 1. The minimum Gasteiger partial charge on any atom is -0.393 e. The summed E-state index contributed by atoms with van der Waals surface area (Å²) in [5.74, 6) is -0.280. The van der Waals surface area contributed by atoms with Gasteiger partial charge in [-0.3, -0.25) is 14.9 Å². The van der Waals surface area contributed by atoms with E-state index in [1.807, 2.05) is 6.92 Å². The Morgan fingerprint density at radius 2 is 2.26 bits per heavy atom. The quantitative estimate of drug-likeness (QED) is 0.457. The van der Waals surface area contributed by atoms with Crippen LogP contribution in [0.15, 0.2) is 18.2 Å². The highest BCUT2D eigenvalue weighted by atomic mass is 16.6. The molecule has 19 heavy (non-hydrogen) atoms. The number of benzene rings is 1. The van der Waals surface area contributed by atoms with Crippen molar-refractivity contribution in [1.29, 1.82) is 0 Å². The number of carbonyl (C=O) groups is 1. The number of nitrogens with two attached hydrogens (primary N) is 1. The van der Waals surface area contributed by atoms with Gasteiger partial charge in [0, 0.05) is 19.7 Å². The van der Waals surface area contributed by atoms with E-state index in [9.17, 15) is 14.9 Å². The zero-order valence-electron chi connectivity index (χ0n) is 10.9. The second-order valence-corrected chi connectivity index (χ2v) is 4.27. The first-order valence-electron chi connectivity index (χ1n) is 5.77. The van der Waals surface area contributed by atoms with E-state index < -0.39 is 10.8 Å². The lowest BCUT2D eigenvalue weighted by Gasteiger charge is -2.12. The van der Waals surface area contributed by atoms with Gasteiger partial charge in [-0.15, -0.1) is 0 Å². The summed E-state index contributed by atoms with van der Waals surface area (Å²) in [6.45, 7) is 2.85. The number of hydrogen-bond acceptors (Lipinski definition) is 5. The van der Waals surface area contributed by atoms with E-state index in [0.717, 1.165) is 0 Å². The van der Waals surface area contributed by atoms with Gasteiger partial charge in [0.2, 0.25) is 0 Å². The monoisotopic (exact) mass is 267 g/mol. The Morgan fingerprint density at radius 3 is 2.84 bits per heavy atom. The SMILES string of the molecule is COCC(C)CNC(=O)c1cccc([N+](=O)[O-])c1N. The summed E-state index contributed by atoms with van der Waals surface area (Å²) >= 11 is 0. The maximum Gasteiger partial charge on any atom is 0.292 e. The third-order valence-corrected chi connectivity index (χ3v) is 2.59. The zero-order valence-corrected chi connectivity index (χ0v) is 10.9. The number of nitrogens with one attached hydrogen (secondary N) is 1. The van der Waals surface area contributed by atoms with Gasteiger partial charge in [-0.25, -0.2) is 0 Å². The molecule has 0 aliphatic carbocycles. The second-order valence-electron chi connectivity index (χ2n) is 4.27. The predicted octanol–water partition coefficient (Wildman–Crippen LogP) is 1.19. The van der Waals surface area contributed by atoms with Crippen LogP contribution in [0.4, 0.5) is 11.4 Å². The maximum atomic E-state index is 11.9. The van der Waals surface area contributed by atoms with E-state index in [1.165, 1.54) is 18.2 Å². The van der Waals surface area contributed by atoms with E-state index in [4.69, 9.17) is 10.5 Å². The summed E-state index contributed by atoms with van der Waals surface area (Å²) in [7, 11) is 1.58. The lowest BCUT2D eigenvalue weighted by molar-refractivity contribution is -0.383. The van der Waals surface area contributed by atoms with Crippen LogP contribution in [0.5, 0.6) is 0 Å². The van der Waals surface area contributed by atoms with Crippen LogP contribution in [0.3, 0.4) is 0 Å². The van der Waals surface area contributed by atoms with Gasteiger partial charge in [-0.05, 0) is 12.0 Å². The number of carbonyl (C=O) groups excluding carboxylic acids is 1. The number of nitro benzene ring substituents is 1. The van der Waals surface area contributed by atoms with Gasteiger partial charge in [0.25, 0.3) is 11.6 Å². The molecule has 3 N–H and O–H groups in total. The highest BCUT2D eigenvalue weighted by Gasteiger charge is 2.19. The molecular formula is C12H17N3O4. The van der Waals surface area contributed by atoms with Gasteiger partial charge in [0.05, 0.1) is 17.1 Å². The molecule has 0 bridgehead atoms. The van der Waals surface area contributed by atoms with Crippen molar-refractivity contribution in [1.82, 2.24) is 5.32 Å². The summed E-state index contributed by atoms with van der Waals surface area (Å²) in [5.41, 5.74) is 5.35. The number of para-hydroxylation sites is 1. The molecule has 7 heteroatoms. The molecule has 0 saturated carbocycles. The minimum atomic E-state index is -0.611. The fourth-order valence-electron chi connectivity index (χ4n) is 1.62. The lowest BCUT2D eigenvalue weighted by Crippen LogP contribution is -2.30. The molecule has 0 aliphatic heterocycles. The van der Waals surface area contributed by atoms with Crippen LogP contribution in [-0.4, -0.2) is 31.1 Å². The Hall–Kier alpha value is -2.15. The number of ether oxygens (including phenoxy) is 1. The van der Waals surface area contributed by atoms with E-state index in [2.05, 4.69) is 5.32 Å². The topological polar surface area (TPSA) is 107 Å². The predicted molar refractivity (Wildman–Crippen MR) is 70.9 cm³/mol. The molecule has 1 aromatic carbocycles. The first-order valence-corrected chi connectivity index (χ1v) is 5.77. The van der Waals surface area contributed by atoms with Crippen molar-refractivity contribution in [2.24, 2.45) is 5.92 Å². The third-order valence-electron chi connectivity index (χ3n) is 2.59. The Bertz CT molecular complexity index is 476. The lowest BCUT2D eigenvalue weighted by atomic mass is 10.1. The molecule has 0 fully saturated rings. The van der Waals surface area contributed by atoms with Gasteiger partial charge in [-0.1, -0.05) is 13.0 Å². The van der Waals surface area contributed by atoms with E-state index in [0.29, 0.717) is 13.2 Å². The molecule has 0 spiro atoms. The van der Waals surface area contributed by atoms with Crippen molar-refractivity contribution in [3.8, 4) is 0 Å². The molecule has 7 nitrogen and oxygen atoms in total. The maximum absolute atomic E-state index is 11.9. The number of rotatable bonds is 6. The fourth-order valence-corrected chi connectivity index (χ4v) is 1.62. The standard InChI is InChI=1S/C12H17N3O4/c1-8(7-19-2)6-14-12(16)9-4-3-5-10(11(9)13)15(17)18/h3-5,8H,6-7,13H2,1-2H3,(H,14,16). The highest BCUT2D eigenvalue weighted by Crippen LogP contribution is 2.24. The Kier molecular flexibility index (Phi) is 5.25. The normalized spacial score (nSPS) is 11.9. The number of anilines is 1. The van der Waals surface area contributed by atoms with Gasteiger partial charge in [0.1, 0.15) is 5.69 Å². The third kappa shape index (κ3) is 3.92. The van der Waals surface area contributed by atoms with E-state index in [1.54, 1.807) is 7.11 Å². The molecule has 104 valence electrons. The summed E-state index contributed by atoms with van der Waals surface area (Å²) in [5, 5.41) is 13.4. The Balaban J connectivity index is 2.78. The summed E-state index contributed by atoms with van der Waals surface area (Å²) in [4.78, 5) is 22.0. The average molecular weight is 267 g/mol. The molecule has 0 saturated heterocycles. The largest absolute Gasteiger partial charge is 0.393 e. The number of nitrogen functional groups attached to an aromatic ring is 1. The molecule has 0 aromatic heterocycles.